The first-order valence-corrected chi connectivity index (χ1v) is 7.74. The second-order valence-electron chi connectivity index (χ2n) is 6.14. The average Bonchev–Trinajstić information content (AvgIpc) is 3.00. The highest BCUT2D eigenvalue weighted by Crippen LogP contribution is 2.22. The first-order valence-electron chi connectivity index (χ1n) is 7.74. The Morgan fingerprint density at radius 1 is 1.24 bits per heavy atom. The molecule has 0 saturated heterocycles. The van der Waals surface area contributed by atoms with Crippen LogP contribution >= 0.6 is 0 Å². The van der Waals surface area contributed by atoms with Gasteiger partial charge in [-0.15, -0.1) is 0 Å². The Hall–Kier alpha value is -1.55. The van der Waals surface area contributed by atoms with E-state index < -0.39 is 0 Å². The second kappa shape index (κ2) is 6.94. The topological polar surface area (TPSA) is 43.8 Å². The third-order valence-electron chi connectivity index (χ3n) is 4.53. The van der Waals surface area contributed by atoms with Crippen LogP contribution in [0.5, 0.6) is 5.75 Å². The third-order valence-corrected chi connectivity index (χ3v) is 4.53. The van der Waals surface area contributed by atoms with E-state index in [0.717, 1.165) is 12.1 Å². The van der Waals surface area contributed by atoms with Crippen molar-refractivity contribution in [3.8, 4) is 5.75 Å². The molecule has 1 aliphatic rings. The number of amides is 1. The number of benzene rings is 1. The molecule has 116 valence electrons. The van der Waals surface area contributed by atoms with Crippen LogP contribution in [0.3, 0.4) is 0 Å². The van der Waals surface area contributed by atoms with Crippen molar-refractivity contribution >= 4 is 5.91 Å². The molecule has 21 heavy (non-hydrogen) atoms. The van der Waals surface area contributed by atoms with Crippen molar-refractivity contribution < 1.29 is 9.90 Å². The van der Waals surface area contributed by atoms with Crippen LogP contribution in [0.15, 0.2) is 18.2 Å². The molecule has 0 radical (unpaired) electrons. The molecule has 1 N–H and O–H groups in total. The van der Waals surface area contributed by atoms with Crippen molar-refractivity contribution in [1.82, 2.24) is 9.80 Å². The summed E-state index contributed by atoms with van der Waals surface area (Å²) < 4.78 is 0. The number of phenolic OH excluding ortho intramolecular Hbond substituents is 1. The minimum Gasteiger partial charge on any atom is -0.508 e. The molecule has 1 amide bonds. The number of hydrogen-bond donors (Lipinski definition) is 1. The van der Waals surface area contributed by atoms with Gasteiger partial charge in [0.1, 0.15) is 5.75 Å². The number of phenols is 1. The Balaban J connectivity index is 1.91. The van der Waals surface area contributed by atoms with E-state index in [2.05, 4.69) is 11.9 Å². The summed E-state index contributed by atoms with van der Waals surface area (Å²) in [6.07, 6.45) is 5.21. The summed E-state index contributed by atoms with van der Waals surface area (Å²) in [5.41, 5.74) is 1.48. The van der Waals surface area contributed by atoms with Gasteiger partial charge in [-0.1, -0.05) is 18.9 Å². The number of carbonyl (C=O) groups is 1. The van der Waals surface area contributed by atoms with Crippen molar-refractivity contribution in [3.63, 3.8) is 0 Å². The van der Waals surface area contributed by atoms with Gasteiger partial charge in [-0.25, -0.2) is 0 Å². The van der Waals surface area contributed by atoms with E-state index in [1.54, 1.807) is 23.1 Å². The van der Waals surface area contributed by atoms with Crippen molar-refractivity contribution in [2.75, 3.05) is 27.2 Å². The lowest BCUT2D eigenvalue weighted by Gasteiger charge is -2.27. The minimum absolute atomic E-state index is 0.0248. The fraction of sp³-hybridized carbons (Fsp3) is 0.588. The van der Waals surface area contributed by atoms with Crippen LogP contribution in [0.1, 0.15) is 41.6 Å². The Labute approximate surface area is 127 Å². The number of rotatable bonds is 5. The van der Waals surface area contributed by atoms with Gasteiger partial charge in [-0.05, 0) is 44.5 Å². The molecular weight excluding hydrogens is 264 g/mol. The minimum atomic E-state index is -0.0248. The van der Waals surface area contributed by atoms with Crippen molar-refractivity contribution in [2.24, 2.45) is 0 Å². The highest BCUT2D eigenvalue weighted by atomic mass is 16.3. The number of likely N-dealkylation sites (N-methyl/N-ethyl adjacent to an activating group) is 2. The zero-order valence-electron chi connectivity index (χ0n) is 13.3. The molecule has 1 saturated carbocycles. The number of nitrogens with zero attached hydrogens (tertiary/aromatic N) is 2. The summed E-state index contributed by atoms with van der Waals surface area (Å²) in [6.45, 7) is 3.50. The van der Waals surface area contributed by atoms with Crippen LogP contribution in [-0.2, 0) is 0 Å². The molecule has 0 aliphatic heterocycles. The van der Waals surface area contributed by atoms with Gasteiger partial charge in [0, 0.05) is 31.7 Å². The van der Waals surface area contributed by atoms with E-state index >= 15 is 0 Å². The van der Waals surface area contributed by atoms with Crippen LogP contribution < -0.4 is 0 Å². The molecule has 0 aromatic heterocycles. The zero-order chi connectivity index (χ0) is 15.4. The van der Waals surface area contributed by atoms with E-state index in [1.807, 2.05) is 14.0 Å². The number of aromatic hydroxyl groups is 1. The van der Waals surface area contributed by atoms with Crippen LogP contribution in [0.4, 0.5) is 0 Å². The molecular formula is C17H26N2O2. The van der Waals surface area contributed by atoms with Gasteiger partial charge in [0.2, 0.25) is 0 Å². The Morgan fingerprint density at radius 3 is 2.57 bits per heavy atom. The SMILES string of the molecule is Cc1ccc(O)cc1C(=O)N(C)CCN(C)C1CCCC1. The molecule has 0 heterocycles. The molecule has 4 heteroatoms. The first-order chi connectivity index (χ1) is 9.99. The Kier molecular flexibility index (Phi) is 5.23. The van der Waals surface area contributed by atoms with Crippen LogP contribution in [0.2, 0.25) is 0 Å². The molecule has 4 nitrogen and oxygen atoms in total. The standard InChI is InChI=1S/C17H26N2O2/c1-13-8-9-15(20)12-16(13)17(21)19(3)11-10-18(2)14-6-4-5-7-14/h8-9,12,14,20H,4-7,10-11H2,1-3H3. The van der Waals surface area contributed by atoms with Gasteiger partial charge in [0.15, 0.2) is 0 Å². The zero-order valence-corrected chi connectivity index (χ0v) is 13.3. The molecule has 0 bridgehead atoms. The largest absolute Gasteiger partial charge is 0.508 e. The van der Waals surface area contributed by atoms with Crippen molar-refractivity contribution in [1.29, 1.82) is 0 Å². The van der Waals surface area contributed by atoms with Crippen molar-refractivity contribution in [3.05, 3.63) is 29.3 Å². The molecule has 1 aromatic carbocycles. The molecule has 0 atom stereocenters. The van der Waals surface area contributed by atoms with E-state index in [0.29, 0.717) is 18.2 Å². The molecule has 0 unspecified atom stereocenters. The lowest BCUT2D eigenvalue weighted by atomic mass is 10.1. The Bertz CT molecular complexity index is 496. The smallest absolute Gasteiger partial charge is 0.254 e. The Morgan fingerprint density at radius 2 is 1.90 bits per heavy atom. The maximum Gasteiger partial charge on any atom is 0.254 e. The van der Waals surface area contributed by atoms with E-state index in [4.69, 9.17) is 0 Å². The quantitative estimate of drug-likeness (QED) is 0.906. The summed E-state index contributed by atoms with van der Waals surface area (Å²) in [7, 11) is 3.97. The van der Waals surface area contributed by atoms with Gasteiger partial charge in [-0.3, -0.25) is 4.79 Å². The summed E-state index contributed by atoms with van der Waals surface area (Å²) >= 11 is 0. The predicted molar refractivity (Wildman–Crippen MR) is 84.7 cm³/mol. The lowest BCUT2D eigenvalue weighted by molar-refractivity contribution is 0.0773. The number of carbonyl (C=O) groups excluding carboxylic acids is 1. The summed E-state index contributed by atoms with van der Waals surface area (Å²) in [4.78, 5) is 16.6. The van der Waals surface area contributed by atoms with E-state index in [9.17, 15) is 9.90 Å². The summed E-state index contributed by atoms with van der Waals surface area (Å²) in [6, 6.07) is 5.62. The normalized spacial score (nSPS) is 15.6. The summed E-state index contributed by atoms with van der Waals surface area (Å²) in [5.74, 6) is 0.114. The van der Waals surface area contributed by atoms with Gasteiger partial charge >= 0.3 is 0 Å². The van der Waals surface area contributed by atoms with E-state index in [1.165, 1.54) is 25.7 Å². The molecule has 2 rings (SSSR count). The molecule has 0 spiro atoms. The van der Waals surface area contributed by atoms with Crippen LogP contribution in [0, 0.1) is 6.92 Å². The molecule has 1 fully saturated rings. The molecule has 1 aromatic rings. The summed E-state index contributed by atoms with van der Waals surface area (Å²) in [5, 5.41) is 9.55. The van der Waals surface area contributed by atoms with Gasteiger partial charge in [0.05, 0.1) is 0 Å². The predicted octanol–water partition coefficient (Wildman–Crippen LogP) is 2.65. The number of aryl methyl sites for hydroxylation is 1. The first kappa shape index (κ1) is 15.8. The molecule has 1 aliphatic carbocycles. The van der Waals surface area contributed by atoms with Crippen LogP contribution in [0.25, 0.3) is 0 Å². The van der Waals surface area contributed by atoms with Crippen LogP contribution in [-0.4, -0.2) is 54.0 Å². The number of hydrogen-bond acceptors (Lipinski definition) is 3. The van der Waals surface area contributed by atoms with Gasteiger partial charge < -0.3 is 14.9 Å². The maximum atomic E-state index is 12.4. The van der Waals surface area contributed by atoms with Crippen molar-refractivity contribution in [2.45, 2.75) is 38.6 Å². The van der Waals surface area contributed by atoms with Gasteiger partial charge in [-0.2, -0.15) is 0 Å². The average molecular weight is 290 g/mol. The van der Waals surface area contributed by atoms with E-state index in [-0.39, 0.29) is 11.7 Å². The monoisotopic (exact) mass is 290 g/mol. The fourth-order valence-electron chi connectivity index (χ4n) is 2.98. The highest BCUT2D eigenvalue weighted by molar-refractivity contribution is 5.95. The maximum absolute atomic E-state index is 12.4. The highest BCUT2D eigenvalue weighted by Gasteiger charge is 2.20. The lowest BCUT2D eigenvalue weighted by Crippen LogP contribution is -2.38. The second-order valence-corrected chi connectivity index (χ2v) is 6.14. The van der Waals surface area contributed by atoms with Gasteiger partial charge in [0.25, 0.3) is 5.91 Å². The fourth-order valence-corrected chi connectivity index (χ4v) is 2.98. The third kappa shape index (κ3) is 3.97.